The van der Waals surface area contributed by atoms with Crippen molar-refractivity contribution < 1.29 is 9.59 Å². The minimum atomic E-state index is -0.225. The molecule has 3 aliphatic rings. The highest BCUT2D eigenvalue weighted by molar-refractivity contribution is 5.90. The number of likely N-dealkylation sites (tertiary alicyclic amines) is 1. The lowest BCUT2D eigenvalue weighted by molar-refractivity contribution is -0.140. The van der Waals surface area contributed by atoms with Crippen LogP contribution in [0.1, 0.15) is 44.9 Å². The van der Waals surface area contributed by atoms with Gasteiger partial charge < -0.3 is 15.5 Å². The standard InChI is InChI=1S/C14H23N3O2/c18-13(16-10-6-7-10)12-5-3-9-17(12)14(19)11-4-1-2-8-15-11/h10-12,15H,1-9H2,(H,16,18). The highest BCUT2D eigenvalue weighted by Gasteiger charge is 2.38. The predicted octanol–water partition coefficient (Wildman–Crippen LogP) is 0.398. The van der Waals surface area contributed by atoms with E-state index in [2.05, 4.69) is 10.6 Å². The Kier molecular flexibility index (Phi) is 3.73. The molecule has 0 spiro atoms. The third-order valence-corrected chi connectivity index (χ3v) is 4.37. The van der Waals surface area contributed by atoms with Crippen molar-refractivity contribution >= 4 is 11.8 Å². The van der Waals surface area contributed by atoms with Crippen LogP contribution in [-0.4, -0.2) is 47.9 Å². The molecule has 1 saturated carbocycles. The number of piperidine rings is 1. The molecular formula is C14H23N3O2. The Bertz CT molecular complexity index is 362. The van der Waals surface area contributed by atoms with Crippen LogP contribution in [0.4, 0.5) is 0 Å². The van der Waals surface area contributed by atoms with E-state index in [1.165, 1.54) is 0 Å². The summed E-state index contributed by atoms with van der Waals surface area (Å²) in [7, 11) is 0. The van der Waals surface area contributed by atoms with E-state index in [1.807, 2.05) is 0 Å². The summed E-state index contributed by atoms with van der Waals surface area (Å²) in [6.45, 7) is 1.66. The lowest BCUT2D eigenvalue weighted by Gasteiger charge is -2.30. The highest BCUT2D eigenvalue weighted by Crippen LogP contribution is 2.23. The van der Waals surface area contributed by atoms with Crippen LogP contribution >= 0.6 is 0 Å². The zero-order valence-corrected chi connectivity index (χ0v) is 11.4. The number of rotatable bonds is 3. The molecule has 0 aromatic heterocycles. The molecule has 5 heteroatoms. The van der Waals surface area contributed by atoms with Crippen molar-refractivity contribution in [2.24, 2.45) is 0 Å². The molecule has 0 aromatic rings. The number of nitrogens with zero attached hydrogens (tertiary/aromatic N) is 1. The van der Waals surface area contributed by atoms with E-state index in [1.54, 1.807) is 4.90 Å². The van der Waals surface area contributed by atoms with Crippen molar-refractivity contribution in [3.8, 4) is 0 Å². The number of hydrogen-bond acceptors (Lipinski definition) is 3. The van der Waals surface area contributed by atoms with Gasteiger partial charge in [0, 0.05) is 12.6 Å². The van der Waals surface area contributed by atoms with E-state index in [4.69, 9.17) is 0 Å². The molecule has 2 amide bonds. The molecule has 2 N–H and O–H groups in total. The molecule has 5 nitrogen and oxygen atoms in total. The fraction of sp³-hybridized carbons (Fsp3) is 0.857. The van der Waals surface area contributed by atoms with Crippen LogP contribution in [0, 0.1) is 0 Å². The summed E-state index contributed by atoms with van der Waals surface area (Å²) in [5.74, 6) is 0.192. The van der Waals surface area contributed by atoms with Gasteiger partial charge in [-0.3, -0.25) is 9.59 Å². The van der Waals surface area contributed by atoms with Gasteiger partial charge in [0.1, 0.15) is 6.04 Å². The summed E-state index contributed by atoms with van der Waals surface area (Å²) in [4.78, 5) is 26.5. The summed E-state index contributed by atoms with van der Waals surface area (Å²) in [5, 5.41) is 6.32. The van der Waals surface area contributed by atoms with Crippen LogP contribution in [0.2, 0.25) is 0 Å². The molecule has 0 aromatic carbocycles. The van der Waals surface area contributed by atoms with E-state index in [0.717, 1.165) is 58.0 Å². The first kappa shape index (κ1) is 12.9. The Morgan fingerprint density at radius 1 is 1.05 bits per heavy atom. The minimum Gasteiger partial charge on any atom is -0.352 e. The maximum absolute atomic E-state index is 12.5. The predicted molar refractivity (Wildman–Crippen MR) is 71.5 cm³/mol. The van der Waals surface area contributed by atoms with E-state index in [9.17, 15) is 9.59 Å². The monoisotopic (exact) mass is 265 g/mol. The smallest absolute Gasteiger partial charge is 0.243 e. The molecule has 0 bridgehead atoms. The second-order valence-corrected chi connectivity index (χ2v) is 5.98. The van der Waals surface area contributed by atoms with Crippen LogP contribution in [-0.2, 0) is 9.59 Å². The first-order chi connectivity index (χ1) is 9.25. The molecule has 1 aliphatic carbocycles. The molecule has 19 heavy (non-hydrogen) atoms. The lowest BCUT2D eigenvalue weighted by Crippen LogP contribution is -2.53. The van der Waals surface area contributed by atoms with Gasteiger partial charge in [0.2, 0.25) is 11.8 Å². The molecule has 3 fully saturated rings. The van der Waals surface area contributed by atoms with Gasteiger partial charge in [0.05, 0.1) is 6.04 Å². The average Bonchev–Trinajstić information content (AvgIpc) is 3.11. The highest BCUT2D eigenvalue weighted by atomic mass is 16.2. The van der Waals surface area contributed by atoms with Gasteiger partial charge in [-0.1, -0.05) is 6.42 Å². The zero-order valence-electron chi connectivity index (χ0n) is 11.4. The lowest BCUT2D eigenvalue weighted by atomic mass is 10.0. The molecular weight excluding hydrogens is 242 g/mol. The summed E-state index contributed by atoms with van der Waals surface area (Å²) in [5.41, 5.74) is 0. The number of carbonyl (C=O) groups is 2. The molecule has 2 aliphatic heterocycles. The minimum absolute atomic E-state index is 0.0594. The quantitative estimate of drug-likeness (QED) is 0.776. The van der Waals surface area contributed by atoms with E-state index in [0.29, 0.717) is 6.04 Å². The Balaban J connectivity index is 1.60. The van der Waals surface area contributed by atoms with Crippen LogP contribution in [0.5, 0.6) is 0 Å². The van der Waals surface area contributed by atoms with Gasteiger partial charge >= 0.3 is 0 Å². The number of hydrogen-bond donors (Lipinski definition) is 2. The van der Waals surface area contributed by atoms with Crippen molar-refractivity contribution in [3.05, 3.63) is 0 Å². The van der Waals surface area contributed by atoms with Crippen LogP contribution in [0.25, 0.3) is 0 Å². The van der Waals surface area contributed by atoms with Gasteiger partial charge in [0.15, 0.2) is 0 Å². The van der Waals surface area contributed by atoms with Crippen LogP contribution in [0.3, 0.4) is 0 Å². The maximum Gasteiger partial charge on any atom is 0.243 e. The first-order valence-corrected chi connectivity index (χ1v) is 7.60. The van der Waals surface area contributed by atoms with Gasteiger partial charge in [-0.05, 0) is 45.1 Å². The van der Waals surface area contributed by atoms with Crippen LogP contribution in [0.15, 0.2) is 0 Å². The second kappa shape index (κ2) is 5.49. The molecule has 0 radical (unpaired) electrons. The van der Waals surface area contributed by atoms with Gasteiger partial charge in [0.25, 0.3) is 0 Å². The Morgan fingerprint density at radius 3 is 2.58 bits per heavy atom. The van der Waals surface area contributed by atoms with Crippen LogP contribution < -0.4 is 10.6 Å². The summed E-state index contributed by atoms with van der Waals surface area (Å²) in [6.07, 6.45) is 7.11. The number of amides is 2. The van der Waals surface area contributed by atoms with Crippen molar-refractivity contribution in [2.45, 2.75) is 63.1 Å². The van der Waals surface area contributed by atoms with Crippen molar-refractivity contribution in [2.75, 3.05) is 13.1 Å². The SMILES string of the molecule is O=C(NC1CC1)C1CCCN1C(=O)C1CCCCN1. The third-order valence-electron chi connectivity index (χ3n) is 4.37. The summed E-state index contributed by atoms with van der Waals surface area (Å²) >= 11 is 0. The number of nitrogens with one attached hydrogen (secondary N) is 2. The molecule has 2 unspecified atom stereocenters. The zero-order chi connectivity index (χ0) is 13.2. The van der Waals surface area contributed by atoms with E-state index in [-0.39, 0.29) is 23.9 Å². The van der Waals surface area contributed by atoms with Crippen molar-refractivity contribution in [1.29, 1.82) is 0 Å². The van der Waals surface area contributed by atoms with E-state index >= 15 is 0 Å². The fourth-order valence-corrected chi connectivity index (χ4v) is 3.09. The Labute approximate surface area is 114 Å². The second-order valence-electron chi connectivity index (χ2n) is 5.98. The molecule has 2 atom stereocenters. The Hall–Kier alpha value is -1.10. The summed E-state index contributed by atoms with van der Waals surface area (Å²) < 4.78 is 0. The molecule has 2 saturated heterocycles. The average molecular weight is 265 g/mol. The third kappa shape index (κ3) is 2.91. The normalized spacial score (nSPS) is 31.3. The molecule has 2 heterocycles. The fourth-order valence-electron chi connectivity index (χ4n) is 3.09. The van der Waals surface area contributed by atoms with Gasteiger partial charge in [-0.15, -0.1) is 0 Å². The van der Waals surface area contributed by atoms with Gasteiger partial charge in [-0.25, -0.2) is 0 Å². The topological polar surface area (TPSA) is 61.4 Å². The molecule has 3 rings (SSSR count). The molecule has 106 valence electrons. The van der Waals surface area contributed by atoms with E-state index < -0.39 is 0 Å². The van der Waals surface area contributed by atoms with Crippen molar-refractivity contribution in [3.63, 3.8) is 0 Å². The van der Waals surface area contributed by atoms with Gasteiger partial charge in [-0.2, -0.15) is 0 Å². The summed E-state index contributed by atoms with van der Waals surface area (Å²) in [6, 6.07) is 0.0813. The first-order valence-electron chi connectivity index (χ1n) is 7.60. The Morgan fingerprint density at radius 2 is 1.89 bits per heavy atom. The largest absolute Gasteiger partial charge is 0.352 e. The maximum atomic E-state index is 12.5. The number of carbonyl (C=O) groups excluding carboxylic acids is 2. The van der Waals surface area contributed by atoms with Crippen molar-refractivity contribution in [1.82, 2.24) is 15.5 Å².